The molecule has 0 aliphatic rings. The zero-order valence-corrected chi connectivity index (χ0v) is 12.3. The molecule has 2 aromatic rings. The molecular weight excluding hydrogens is 317 g/mol. The predicted octanol–water partition coefficient (Wildman–Crippen LogP) is 3.61. The zero-order valence-electron chi connectivity index (χ0n) is 9.91. The van der Waals surface area contributed by atoms with Gasteiger partial charge in [-0.3, -0.25) is 0 Å². The van der Waals surface area contributed by atoms with Crippen LogP contribution in [0.5, 0.6) is 0 Å². The van der Waals surface area contributed by atoms with E-state index in [9.17, 15) is 4.39 Å². The molecular formula is C12H13BrFN3S. The monoisotopic (exact) mass is 329 g/mol. The fraction of sp³-hybridized carbons (Fsp3) is 0.333. The van der Waals surface area contributed by atoms with Crippen LogP contribution < -0.4 is 5.32 Å². The lowest BCUT2D eigenvalue weighted by atomic mass is 10.1. The Kier molecular flexibility index (Phi) is 4.79. The SMILES string of the molecule is CCCNCc1snnc1-c1ccc(F)cc1Br. The summed E-state index contributed by atoms with van der Waals surface area (Å²) in [7, 11) is 0. The summed E-state index contributed by atoms with van der Waals surface area (Å²) in [6, 6.07) is 4.60. The second kappa shape index (κ2) is 6.36. The lowest BCUT2D eigenvalue weighted by Gasteiger charge is -2.05. The van der Waals surface area contributed by atoms with Crippen molar-refractivity contribution in [2.24, 2.45) is 0 Å². The molecule has 0 spiro atoms. The van der Waals surface area contributed by atoms with Crippen LogP contribution in [0, 0.1) is 5.82 Å². The van der Waals surface area contributed by atoms with Gasteiger partial charge in [-0.15, -0.1) is 5.10 Å². The molecule has 1 heterocycles. The van der Waals surface area contributed by atoms with Crippen LogP contribution in [0.25, 0.3) is 11.3 Å². The molecule has 6 heteroatoms. The number of hydrogen-bond donors (Lipinski definition) is 1. The molecule has 96 valence electrons. The number of nitrogens with zero attached hydrogens (tertiary/aromatic N) is 2. The summed E-state index contributed by atoms with van der Waals surface area (Å²) in [5.74, 6) is -0.264. The van der Waals surface area contributed by atoms with Crippen molar-refractivity contribution in [3.05, 3.63) is 33.4 Å². The first-order valence-corrected chi connectivity index (χ1v) is 7.26. The second-order valence-corrected chi connectivity index (χ2v) is 5.54. The Morgan fingerprint density at radius 1 is 1.44 bits per heavy atom. The summed E-state index contributed by atoms with van der Waals surface area (Å²) in [4.78, 5) is 1.07. The van der Waals surface area contributed by atoms with E-state index in [1.54, 1.807) is 6.07 Å². The van der Waals surface area contributed by atoms with Gasteiger partial charge in [0.1, 0.15) is 11.5 Å². The summed E-state index contributed by atoms with van der Waals surface area (Å²) in [6.45, 7) is 3.82. The van der Waals surface area contributed by atoms with E-state index in [1.165, 1.54) is 23.7 Å². The molecule has 0 aliphatic heterocycles. The number of benzene rings is 1. The molecule has 0 unspecified atom stereocenters. The fourth-order valence-electron chi connectivity index (χ4n) is 1.59. The summed E-state index contributed by atoms with van der Waals surface area (Å²) in [5.41, 5.74) is 1.69. The standard InChI is InChI=1S/C12H13BrFN3S/c1-2-5-15-7-11-12(16-17-18-11)9-4-3-8(14)6-10(9)13/h3-4,6,15H,2,5,7H2,1H3. The lowest BCUT2D eigenvalue weighted by molar-refractivity contribution is 0.627. The van der Waals surface area contributed by atoms with Gasteiger partial charge in [-0.2, -0.15) is 0 Å². The molecule has 0 radical (unpaired) electrons. The number of rotatable bonds is 5. The Hall–Kier alpha value is -0.850. The van der Waals surface area contributed by atoms with E-state index in [0.29, 0.717) is 4.47 Å². The van der Waals surface area contributed by atoms with E-state index < -0.39 is 0 Å². The number of hydrogen-bond acceptors (Lipinski definition) is 4. The third kappa shape index (κ3) is 3.13. The Morgan fingerprint density at radius 2 is 2.28 bits per heavy atom. The van der Waals surface area contributed by atoms with Crippen LogP contribution in [0.1, 0.15) is 18.2 Å². The zero-order chi connectivity index (χ0) is 13.0. The van der Waals surface area contributed by atoms with E-state index in [0.717, 1.165) is 35.6 Å². The van der Waals surface area contributed by atoms with Gasteiger partial charge in [0.2, 0.25) is 0 Å². The normalized spacial score (nSPS) is 10.8. The number of nitrogens with one attached hydrogen (secondary N) is 1. The summed E-state index contributed by atoms with van der Waals surface area (Å²) >= 11 is 4.73. The largest absolute Gasteiger partial charge is 0.312 e. The van der Waals surface area contributed by atoms with Crippen LogP contribution >= 0.6 is 27.5 Å². The van der Waals surface area contributed by atoms with E-state index >= 15 is 0 Å². The smallest absolute Gasteiger partial charge is 0.124 e. The first-order valence-electron chi connectivity index (χ1n) is 5.69. The van der Waals surface area contributed by atoms with Crippen LogP contribution in [0.3, 0.4) is 0 Å². The van der Waals surface area contributed by atoms with Gasteiger partial charge in [-0.05, 0) is 58.6 Å². The summed E-state index contributed by atoms with van der Waals surface area (Å²) in [5, 5.41) is 7.45. The van der Waals surface area contributed by atoms with Gasteiger partial charge in [0.05, 0.1) is 4.88 Å². The van der Waals surface area contributed by atoms with Gasteiger partial charge in [0.15, 0.2) is 0 Å². The van der Waals surface area contributed by atoms with Crippen LogP contribution in [0.15, 0.2) is 22.7 Å². The molecule has 1 N–H and O–H groups in total. The maximum absolute atomic E-state index is 13.1. The average Bonchev–Trinajstić information content (AvgIpc) is 2.78. The van der Waals surface area contributed by atoms with Crippen molar-refractivity contribution in [2.75, 3.05) is 6.54 Å². The fourth-order valence-corrected chi connectivity index (χ4v) is 2.75. The van der Waals surface area contributed by atoms with Crippen molar-refractivity contribution in [3.63, 3.8) is 0 Å². The van der Waals surface area contributed by atoms with Crippen LogP contribution in [-0.2, 0) is 6.54 Å². The Balaban J connectivity index is 2.25. The van der Waals surface area contributed by atoms with Gasteiger partial charge in [-0.25, -0.2) is 4.39 Å². The molecule has 0 atom stereocenters. The van der Waals surface area contributed by atoms with Gasteiger partial charge < -0.3 is 5.32 Å². The second-order valence-electron chi connectivity index (χ2n) is 3.85. The van der Waals surface area contributed by atoms with Gasteiger partial charge in [-0.1, -0.05) is 11.4 Å². The Morgan fingerprint density at radius 3 is 3.00 bits per heavy atom. The first kappa shape index (κ1) is 13.6. The van der Waals surface area contributed by atoms with Crippen molar-refractivity contribution >= 4 is 27.5 Å². The third-order valence-electron chi connectivity index (χ3n) is 2.45. The van der Waals surface area contributed by atoms with E-state index in [1.807, 2.05) is 0 Å². The molecule has 18 heavy (non-hydrogen) atoms. The highest BCUT2D eigenvalue weighted by Crippen LogP contribution is 2.31. The van der Waals surface area contributed by atoms with Crippen molar-refractivity contribution in [2.45, 2.75) is 19.9 Å². The minimum Gasteiger partial charge on any atom is -0.312 e. The molecule has 3 nitrogen and oxygen atoms in total. The number of aromatic nitrogens is 2. The van der Waals surface area contributed by atoms with Crippen LogP contribution in [-0.4, -0.2) is 16.1 Å². The van der Waals surface area contributed by atoms with Crippen LogP contribution in [0.4, 0.5) is 4.39 Å². The maximum Gasteiger partial charge on any atom is 0.124 e. The van der Waals surface area contributed by atoms with E-state index in [2.05, 4.69) is 37.8 Å². The molecule has 2 rings (SSSR count). The van der Waals surface area contributed by atoms with Crippen molar-refractivity contribution in [1.82, 2.24) is 14.9 Å². The van der Waals surface area contributed by atoms with E-state index in [4.69, 9.17) is 0 Å². The molecule has 0 fully saturated rings. The topological polar surface area (TPSA) is 37.8 Å². The molecule has 0 bridgehead atoms. The Bertz CT molecular complexity index is 530. The van der Waals surface area contributed by atoms with Crippen molar-refractivity contribution in [3.8, 4) is 11.3 Å². The average molecular weight is 330 g/mol. The van der Waals surface area contributed by atoms with Gasteiger partial charge >= 0.3 is 0 Å². The minimum atomic E-state index is -0.264. The molecule has 0 saturated carbocycles. The molecule has 0 amide bonds. The molecule has 1 aromatic carbocycles. The minimum absolute atomic E-state index is 0.264. The lowest BCUT2D eigenvalue weighted by Crippen LogP contribution is -2.13. The number of halogens is 2. The third-order valence-corrected chi connectivity index (χ3v) is 3.83. The Labute approximate surface area is 118 Å². The quantitative estimate of drug-likeness (QED) is 0.851. The first-order chi connectivity index (χ1) is 8.72. The highest BCUT2D eigenvalue weighted by Gasteiger charge is 2.13. The van der Waals surface area contributed by atoms with E-state index in [-0.39, 0.29) is 5.82 Å². The van der Waals surface area contributed by atoms with Crippen molar-refractivity contribution < 1.29 is 4.39 Å². The summed E-state index contributed by atoms with van der Waals surface area (Å²) in [6.07, 6.45) is 1.09. The van der Waals surface area contributed by atoms with Crippen LogP contribution in [0.2, 0.25) is 0 Å². The highest BCUT2D eigenvalue weighted by molar-refractivity contribution is 9.10. The molecule has 0 aliphatic carbocycles. The van der Waals surface area contributed by atoms with Gasteiger partial charge in [0.25, 0.3) is 0 Å². The van der Waals surface area contributed by atoms with Gasteiger partial charge in [0, 0.05) is 16.6 Å². The molecule has 0 saturated heterocycles. The highest BCUT2D eigenvalue weighted by atomic mass is 79.9. The predicted molar refractivity (Wildman–Crippen MR) is 75.0 cm³/mol. The van der Waals surface area contributed by atoms with Crippen molar-refractivity contribution in [1.29, 1.82) is 0 Å². The summed E-state index contributed by atoms with van der Waals surface area (Å²) < 4.78 is 17.7. The molecule has 1 aromatic heterocycles. The maximum atomic E-state index is 13.1.